The van der Waals surface area contributed by atoms with Crippen molar-refractivity contribution in [1.82, 2.24) is 19.8 Å². The van der Waals surface area contributed by atoms with Crippen molar-refractivity contribution < 1.29 is 9.47 Å². The van der Waals surface area contributed by atoms with Gasteiger partial charge in [-0.25, -0.2) is 9.79 Å². The molecule has 1 aromatic heterocycles. The molecule has 0 aliphatic heterocycles. The number of hydrogen-bond acceptors (Lipinski definition) is 8. The fraction of sp³-hybridized carbons (Fsp3) is 0.300. The predicted octanol–water partition coefficient (Wildman–Crippen LogP) is 3.58. The van der Waals surface area contributed by atoms with Crippen molar-refractivity contribution in [1.29, 1.82) is 0 Å². The van der Waals surface area contributed by atoms with E-state index >= 15 is 0 Å². The second-order valence-electron chi connectivity index (χ2n) is 6.28. The van der Waals surface area contributed by atoms with E-state index in [4.69, 9.17) is 14.5 Å². The average Bonchev–Trinajstić information content (AvgIpc) is 3.09. The molecular formula is C20H23N5O3S2. The Balaban J connectivity index is 1.90. The molecule has 0 unspecified atom stereocenters. The molecule has 0 fully saturated rings. The average molecular weight is 446 g/mol. The van der Waals surface area contributed by atoms with Gasteiger partial charge in [-0.05, 0) is 52.9 Å². The summed E-state index contributed by atoms with van der Waals surface area (Å²) in [5, 5.41) is 7.81. The molecule has 0 bridgehead atoms. The van der Waals surface area contributed by atoms with E-state index in [2.05, 4.69) is 10.4 Å². The third-order valence-corrected chi connectivity index (χ3v) is 6.51. The largest absolute Gasteiger partial charge is 0.497 e. The van der Waals surface area contributed by atoms with Crippen molar-refractivity contribution in [3.8, 4) is 17.2 Å². The first kappa shape index (κ1) is 22.0. The Bertz CT molecular complexity index is 1120. The number of ether oxygens (including phenoxy) is 2. The summed E-state index contributed by atoms with van der Waals surface area (Å²) in [4.78, 5) is 17.1. The highest BCUT2D eigenvalue weighted by atomic mass is 32.2. The van der Waals surface area contributed by atoms with Crippen LogP contribution >= 0.6 is 23.5 Å². The van der Waals surface area contributed by atoms with E-state index in [1.54, 1.807) is 50.9 Å². The van der Waals surface area contributed by atoms with Crippen molar-refractivity contribution in [2.24, 2.45) is 12.0 Å². The van der Waals surface area contributed by atoms with Gasteiger partial charge in [0.1, 0.15) is 21.6 Å². The van der Waals surface area contributed by atoms with E-state index < -0.39 is 0 Å². The predicted molar refractivity (Wildman–Crippen MR) is 123 cm³/mol. The van der Waals surface area contributed by atoms with Crippen molar-refractivity contribution in [2.75, 3.05) is 20.5 Å². The fourth-order valence-corrected chi connectivity index (χ4v) is 4.43. The molecule has 0 N–H and O–H groups in total. The number of benzene rings is 2. The summed E-state index contributed by atoms with van der Waals surface area (Å²) in [6.07, 6.45) is 1.98. The minimum Gasteiger partial charge on any atom is -0.497 e. The lowest BCUT2D eigenvalue weighted by molar-refractivity contribution is 0.395. The first-order chi connectivity index (χ1) is 14.5. The molecule has 2 aromatic carbocycles. The van der Waals surface area contributed by atoms with Crippen LogP contribution in [0.4, 0.5) is 5.69 Å². The molecule has 3 rings (SSSR count). The summed E-state index contributed by atoms with van der Waals surface area (Å²) in [5.41, 5.74) is 3.25. The summed E-state index contributed by atoms with van der Waals surface area (Å²) >= 11 is 3.14. The molecule has 0 spiro atoms. The lowest BCUT2D eigenvalue weighted by atomic mass is 10.1. The number of tetrazole rings is 1. The molecule has 0 saturated heterocycles. The standard InChI is InChI=1S/C20H23N5O3S2/c1-13-7-6-8-17(25-20(26)24(2)22-23-25)15(13)12-30-19(29-5)21-16-10-9-14(27-3)11-18(16)28-4/h6-11H,12H2,1-5H3. The van der Waals surface area contributed by atoms with E-state index in [1.165, 1.54) is 9.36 Å². The smallest absolute Gasteiger partial charge is 0.368 e. The Morgan fingerprint density at radius 1 is 1.17 bits per heavy atom. The van der Waals surface area contributed by atoms with E-state index in [0.717, 1.165) is 26.9 Å². The van der Waals surface area contributed by atoms with Crippen molar-refractivity contribution in [3.05, 3.63) is 58.0 Å². The van der Waals surface area contributed by atoms with Crippen LogP contribution in [-0.2, 0) is 12.8 Å². The molecule has 0 atom stereocenters. The Morgan fingerprint density at radius 3 is 2.60 bits per heavy atom. The number of thioether (sulfide) groups is 2. The van der Waals surface area contributed by atoms with Gasteiger partial charge in [0.25, 0.3) is 0 Å². The minimum absolute atomic E-state index is 0.284. The van der Waals surface area contributed by atoms with Gasteiger partial charge >= 0.3 is 5.69 Å². The first-order valence-corrected chi connectivity index (χ1v) is 11.2. The van der Waals surface area contributed by atoms with Gasteiger partial charge in [0.2, 0.25) is 0 Å². The maximum Gasteiger partial charge on any atom is 0.368 e. The number of aliphatic imine (C=N–C) groups is 1. The normalized spacial score (nSPS) is 11.6. The topological polar surface area (TPSA) is 83.5 Å². The summed E-state index contributed by atoms with van der Waals surface area (Å²) in [6, 6.07) is 11.3. The second-order valence-corrected chi connectivity index (χ2v) is 8.30. The molecule has 0 radical (unpaired) electrons. The van der Waals surface area contributed by atoms with Gasteiger partial charge in [0.05, 0.1) is 19.9 Å². The fourth-order valence-electron chi connectivity index (χ4n) is 2.78. The quantitative estimate of drug-likeness (QED) is 0.424. The Morgan fingerprint density at radius 2 is 1.97 bits per heavy atom. The summed E-state index contributed by atoms with van der Waals surface area (Å²) in [5.74, 6) is 1.98. The van der Waals surface area contributed by atoms with Gasteiger partial charge in [0.15, 0.2) is 0 Å². The number of aromatic nitrogens is 4. The van der Waals surface area contributed by atoms with Crippen LogP contribution in [0.15, 0.2) is 46.2 Å². The Labute approximate surface area is 183 Å². The van der Waals surface area contributed by atoms with Crippen LogP contribution < -0.4 is 15.2 Å². The highest BCUT2D eigenvalue weighted by Gasteiger charge is 2.14. The Kier molecular flexibility index (Phi) is 7.22. The van der Waals surface area contributed by atoms with Gasteiger partial charge in [-0.1, -0.05) is 23.9 Å². The summed E-state index contributed by atoms with van der Waals surface area (Å²) < 4.78 is 14.1. The first-order valence-electron chi connectivity index (χ1n) is 9.03. The number of methoxy groups -OCH3 is 2. The summed E-state index contributed by atoms with van der Waals surface area (Å²) in [6.45, 7) is 2.02. The highest BCUT2D eigenvalue weighted by Crippen LogP contribution is 2.34. The monoisotopic (exact) mass is 445 g/mol. The third kappa shape index (κ3) is 4.71. The van der Waals surface area contributed by atoms with Crippen LogP contribution in [0.3, 0.4) is 0 Å². The molecule has 30 heavy (non-hydrogen) atoms. The van der Waals surface area contributed by atoms with Crippen molar-refractivity contribution >= 4 is 33.6 Å². The zero-order valence-corrected chi connectivity index (χ0v) is 19.1. The zero-order valence-electron chi connectivity index (χ0n) is 17.4. The molecule has 3 aromatic rings. The van der Waals surface area contributed by atoms with Crippen molar-refractivity contribution in [2.45, 2.75) is 12.7 Å². The lowest BCUT2D eigenvalue weighted by Gasteiger charge is -2.12. The van der Waals surface area contributed by atoms with Crippen LogP contribution in [0.2, 0.25) is 0 Å². The molecular weight excluding hydrogens is 422 g/mol. The van der Waals surface area contributed by atoms with E-state index in [9.17, 15) is 4.79 Å². The summed E-state index contributed by atoms with van der Waals surface area (Å²) in [7, 11) is 4.80. The zero-order chi connectivity index (χ0) is 21.7. The lowest BCUT2D eigenvalue weighted by Crippen LogP contribution is -2.23. The molecule has 0 aliphatic rings. The van der Waals surface area contributed by atoms with E-state index in [0.29, 0.717) is 17.3 Å². The number of aryl methyl sites for hydroxylation is 2. The SMILES string of the molecule is COc1ccc(N=C(SC)SCc2c(C)cccc2-n2nnn(C)c2=O)c(OC)c1. The Hall–Kier alpha value is -2.72. The molecule has 10 heteroatoms. The minimum atomic E-state index is -0.284. The highest BCUT2D eigenvalue weighted by molar-refractivity contribution is 8.38. The second kappa shape index (κ2) is 9.86. The molecule has 0 aliphatic carbocycles. The van der Waals surface area contributed by atoms with Crippen LogP contribution in [0.5, 0.6) is 11.5 Å². The molecule has 0 amide bonds. The molecule has 0 saturated carbocycles. The van der Waals surface area contributed by atoms with Crippen molar-refractivity contribution in [3.63, 3.8) is 0 Å². The molecule has 1 heterocycles. The maximum atomic E-state index is 12.3. The molecule has 8 nitrogen and oxygen atoms in total. The van der Waals surface area contributed by atoms with Crippen LogP contribution in [-0.4, -0.2) is 44.6 Å². The third-order valence-electron chi connectivity index (χ3n) is 4.45. The number of hydrogen-bond donors (Lipinski definition) is 0. The van der Waals surface area contributed by atoms with Crippen LogP contribution in [0.25, 0.3) is 5.69 Å². The number of rotatable bonds is 6. The van der Waals surface area contributed by atoms with E-state index in [1.807, 2.05) is 43.5 Å². The van der Waals surface area contributed by atoms with Gasteiger partial charge in [-0.2, -0.15) is 9.36 Å². The van der Waals surface area contributed by atoms with Crippen LogP contribution in [0.1, 0.15) is 11.1 Å². The van der Waals surface area contributed by atoms with Gasteiger partial charge in [-0.15, -0.1) is 11.8 Å². The van der Waals surface area contributed by atoms with Gasteiger partial charge in [-0.3, -0.25) is 0 Å². The molecule has 158 valence electrons. The van der Waals surface area contributed by atoms with E-state index in [-0.39, 0.29) is 5.69 Å². The van der Waals surface area contributed by atoms with Gasteiger partial charge < -0.3 is 9.47 Å². The number of nitrogens with zero attached hydrogens (tertiary/aromatic N) is 5. The van der Waals surface area contributed by atoms with Gasteiger partial charge in [0, 0.05) is 18.9 Å². The maximum absolute atomic E-state index is 12.3. The van der Waals surface area contributed by atoms with Crippen LogP contribution in [0, 0.1) is 6.92 Å².